The van der Waals surface area contributed by atoms with Gasteiger partial charge < -0.3 is 4.57 Å². The highest BCUT2D eigenvalue weighted by atomic mass is 16.6. The molecular formula is C16H12N4O5. The minimum absolute atomic E-state index is 0.0134. The second kappa shape index (κ2) is 6.04. The number of benzene rings is 1. The third-order valence-corrected chi connectivity index (χ3v) is 3.77. The fourth-order valence-electron chi connectivity index (χ4n) is 2.47. The summed E-state index contributed by atoms with van der Waals surface area (Å²) in [5.41, 5.74) is 1.85. The van der Waals surface area contributed by atoms with Crippen LogP contribution in [0.4, 0.5) is 10.5 Å². The lowest BCUT2D eigenvalue weighted by Gasteiger charge is -2.14. The molecular weight excluding hydrogens is 328 g/mol. The SMILES string of the molecule is Cn1c(C=C2C(=O)NC(=O)NC2=O)ccc1-c1ccc([N+](=O)[O-])cc1. The molecule has 1 aliphatic rings. The highest BCUT2D eigenvalue weighted by molar-refractivity contribution is 6.31. The number of hydrogen-bond donors (Lipinski definition) is 2. The summed E-state index contributed by atoms with van der Waals surface area (Å²) in [6, 6.07) is 8.62. The summed E-state index contributed by atoms with van der Waals surface area (Å²) in [7, 11) is 1.73. The normalized spacial score (nSPS) is 14.1. The van der Waals surface area contributed by atoms with Gasteiger partial charge in [0.05, 0.1) is 4.92 Å². The number of carbonyl (C=O) groups is 3. The van der Waals surface area contributed by atoms with E-state index >= 15 is 0 Å². The minimum Gasteiger partial charge on any atom is -0.344 e. The molecule has 9 nitrogen and oxygen atoms in total. The molecule has 1 aromatic carbocycles. The molecule has 0 radical (unpaired) electrons. The van der Waals surface area contributed by atoms with Crippen molar-refractivity contribution in [2.45, 2.75) is 0 Å². The first-order valence-corrected chi connectivity index (χ1v) is 7.15. The van der Waals surface area contributed by atoms with Crippen molar-refractivity contribution in [3.8, 4) is 11.3 Å². The highest BCUT2D eigenvalue weighted by Crippen LogP contribution is 2.25. The van der Waals surface area contributed by atoms with Gasteiger partial charge in [0, 0.05) is 30.6 Å². The van der Waals surface area contributed by atoms with Crippen LogP contribution in [0.3, 0.4) is 0 Å². The Morgan fingerprint density at radius 2 is 1.60 bits per heavy atom. The average molecular weight is 340 g/mol. The summed E-state index contributed by atoms with van der Waals surface area (Å²) in [5.74, 6) is -1.54. The molecule has 0 saturated carbocycles. The number of aromatic nitrogens is 1. The predicted octanol–water partition coefficient (Wildman–Crippen LogP) is 1.35. The van der Waals surface area contributed by atoms with E-state index < -0.39 is 22.8 Å². The number of amides is 4. The van der Waals surface area contributed by atoms with Crippen molar-refractivity contribution in [1.82, 2.24) is 15.2 Å². The van der Waals surface area contributed by atoms with Gasteiger partial charge in [-0.15, -0.1) is 0 Å². The number of hydrogen-bond acceptors (Lipinski definition) is 5. The lowest BCUT2D eigenvalue weighted by atomic mass is 10.1. The lowest BCUT2D eigenvalue weighted by Crippen LogP contribution is -2.51. The molecule has 0 aliphatic carbocycles. The maximum atomic E-state index is 11.8. The molecule has 4 amide bonds. The number of carbonyl (C=O) groups excluding carboxylic acids is 3. The largest absolute Gasteiger partial charge is 0.344 e. The number of nitro benzene ring substituents is 1. The van der Waals surface area contributed by atoms with Crippen LogP contribution in [-0.2, 0) is 16.6 Å². The molecule has 2 N–H and O–H groups in total. The third-order valence-electron chi connectivity index (χ3n) is 3.77. The first-order valence-electron chi connectivity index (χ1n) is 7.15. The van der Waals surface area contributed by atoms with Crippen LogP contribution >= 0.6 is 0 Å². The van der Waals surface area contributed by atoms with Gasteiger partial charge in [-0.05, 0) is 35.9 Å². The van der Waals surface area contributed by atoms with Crippen LogP contribution in [0.25, 0.3) is 17.3 Å². The van der Waals surface area contributed by atoms with E-state index in [4.69, 9.17) is 0 Å². The summed E-state index contributed by atoms with van der Waals surface area (Å²) >= 11 is 0. The second-order valence-corrected chi connectivity index (χ2v) is 5.30. The van der Waals surface area contributed by atoms with E-state index in [0.29, 0.717) is 5.69 Å². The van der Waals surface area contributed by atoms with E-state index in [-0.39, 0.29) is 11.3 Å². The molecule has 0 unspecified atom stereocenters. The van der Waals surface area contributed by atoms with Gasteiger partial charge in [-0.1, -0.05) is 0 Å². The molecule has 3 rings (SSSR count). The van der Waals surface area contributed by atoms with Crippen LogP contribution in [0, 0.1) is 10.1 Å². The lowest BCUT2D eigenvalue weighted by molar-refractivity contribution is -0.384. The number of rotatable bonds is 3. The summed E-state index contributed by atoms with van der Waals surface area (Å²) in [5, 5.41) is 14.7. The Bertz CT molecular complexity index is 918. The maximum Gasteiger partial charge on any atom is 0.328 e. The van der Waals surface area contributed by atoms with Crippen LogP contribution in [0.5, 0.6) is 0 Å². The van der Waals surface area contributed by atoms with Crippen molar-refractivity contribution in [3.05, 3.63) is 57.8 Å². The Morgan fingerprint density at radius 1 is 1.00 bits per heavy atom. The zero-order valence-electron chi connectivity index (χ0n) is 13.0. The molecule has 0 spiro atoms. The molecule has 1 aromatic heterocycles. The summed E-state index contributed by atoms with van der Waals surface area (Å²) in [4.78, 5) is 44.9. The van der Waals surface area contributed by atoms with Crippen molar-refractivity contribution < 1.29 is 19.3 Å². The number of nitrogens with one attached hydrogen (secondary N) is 2. The Kier molecular flexibility index (Phi) is 3.89. The van der Waals surface area contributed by atoms with E-state index in [9.17, 15) is 24.5 Å². The van der Waals surface area contributed by atoms with Gasteiger partial charge in [-0.3, -0.25) is 30.3 Å². The summed E-state index contributed by atoms with van der Waals surface area (Å²) < 4.78 is 1.73. The molecule has 1 aliphatic heterocycles. The van der Waals surface area contributed by atoms with E-state index in [2.05, 4.69) is 0 Å². The van der Waals surface area contributed by atoms with Gasteiger partial charge in [0.2, 0.25) is 0 Å². The van der Waals surface area contributed by atoms with Crippen molar-refractivity contribution in [2.24, 2.45) is 7.05 Å². The summed E-state index contributed by atoms with van der Waals surface area (Å²) in [6.07, 6.45) is 1.37. The fraction of sp³-hybridized carbons (Fsp3) is 0.0625. The van der Waals surface area contributed by atoms with E-state index in [0.717, 1.165) is 11.3 Å². The molecule has 2 heterocycles. The van der Waals surface area contributed by atoms with Gasteiger partial charge in [0.1, 0.15) is 5.57 Å². The highest BCUT2D eigenvalue weighted by Gasteiger charge is 2.28. The zero-order valence-corrected chi connectivity index (χ0v) is 13.0. The van der Waals surface area contributed by atoms with Crippen LogP contribution in [0.15, 0.2) is 42.0 Å². The van der Waals surface area contributed by atoms with Crippen LogP contribution in [0.1, 0.15) is 5.69 Å². The maximum absolute atomic E-state index is 11.8. The second-order valence-electron chi connectivity index (χ2n) is 5.30. The fourth-order valence-corrected chi connectivity index (χ4v) is 2.47. The van der Waals surface area contributed by atoms with Crippen molar-refractivity contribution in [1.29, 1.82) is 0 Å². The van der Waals surface area contributed by atoms with Gasteiger partial charge in [0.25, 0.3) is 17.5 Å². The number of imide groups is 2. The Labute approximate surface area is 141 Å². The van der Waals surface area contributed by atoms with Crippen molar-refractivity contribution in [2.75, 3.05) is 0 Å². The molecule has 0 atom stereocenters. The smallest absolute Gasteiger partial charge is 0.328 e. The number of nitrogens with zero attached hydrogens (tertiary/aromatic N) is 2. The van der Waals surface area contributed by atoms with Gasteiger partial charge >= 0.3 is 6.03 Å². The minimum atomic E-state index is -0.856. The Balaban J connectivity index is 1.95. The van der Waals surface area contributed by atoms with Crippen molar-refractivity contribution in [3.63, 3.8) is 0 Å². The Hall–Kier alpha value is -3.75. The molecule has 25 heavy (non-hydrogen) atoms. The molecule has 9 heteroatoms. The number of barbiturate groups is 1. The molecule has 126 valence electrons. The first-order chi connectivity index (χ1) is 11.9. The standard InChI is InChI=1S/C16H12N4O5/c1-19-11(8-12-14(21)17-16(23)18-15(12)22)6-7-13(19)9-2-4-10(5-3-9)20(24)25/h2-8H,1H3,(H2,17,18,21,22,23). The molecule has 1 fully saturated rings. The van der Waals surface area contributed by atoms with Gasteiger partial charge in [-0.25, -0.2) is 4.79 Å². The average Bonchev–Trinajstić information content (AvgIpc) is 2.91. The monoisotopic (exact) mass is 340 g/mol. The van der Waals surface area contributed by atoms with Crippen LogP contribution in [-0.4, -0.2) is 27.3 Å². The van der Waals surface area contributed by atoms with Gasteiger partial charge in [0.15, 0.2) is 0 Å². The van der Waals surface area contributed by atoms with Crippen LogP contribution < -0.4 is 10.6 Å². The molecule has 2 aromatic rings. The zero-order chi connectivity index (χ0) is 18.1. The number of non-ortho nitro benzene ring substituents is 1. The third kappa shape index (κ3) is 3.02. The number of nitro groups is 1. The molecule has 0 bridgehead atoms. The van der Waals surface area contributed by atoms with E-state index in [1.54, 1.807) is 35.9 Å². The van der Waals surface area contributed by atoms with E-state index in [1.165, 1.54) is 18.2 Å². The van der Waals surface area contributed by atoms with E-state index in [1.807, 2.05) is 10.6 Å². The predicted molar refractivity (Wildman–Crippen MR) is 87.2 cm³/mol. The van der Waals surface area contributed by atoms with Crippen LogP contribution in [0.2, 0.25) is 0 Å². The molecule has 1 saturated heterocycles. The number of urea groups is 1. The van der Waals surface area contributed by atoms with Gasteiger partial charge in [-0.2, -0.15) is 0 Å². The quantitative estimate of drug-likeness (QED) is 0.378. The topological polar surface area (TPSA) is 123 Å². The van der Waals surface area contributed by atoms with Crippen molar-refractivity contribution >= 4 is 29.6 Å². The Morgan fingerprint density at radius 3 is 2.16 bits per heavy atom. The summed E-state index contributed by atoms with van der Waals surface area (Å²) in [6.45, 7) is 0. The first kappa shape index (κ1) is 16.1.